The molecule has 0 saturated carbocycles. The summed E-state index contributed by atoms with van der Waals surface area (Å²) in [6.45, 7) is 1.79. The van der Waals surface area contributed by atoms with Crippen LogP contribution in [0.1, 0.15) is 0 Å². The lowest BCUT2D eigenvalue weighted by Crippen LogP contribution is -2.19. The summed E-state index contributed by atoms with van der Waals surface area (Å²) >= 11 is 0. The van der Waals surface area contributed by atoms with Gasteiger partial charge in [0.05, 0.1) is 13.2 Å². The maximum absolute atomic E-state index is 10.9. The molecule has 6 heteroatoms. The lowest BCUT2D eigenvalue weighted by Gasteiger charge is -2.09. The first-order valence-electron chi connectivity index (χ1n) is 4.82. The van der Waals surface area contributed by atoms with E-state index in [9.17, 15) is 9.59 Å². The van der Waals surface area contributed by atoms with E-state index in [1.165, 1.54) is 0 Å². The standard InChI is InChI=1S/C10H17NO5/c1-11(2)5-6-15-7-8-16-10(14)4-3-9(12)13/h3-4H,5-8H2,1-2H3,(H,12,13). The lowest BCUT2D eigenvalue weighted by molar-refractivity contribution is -0.140. The summed E-state index contributed by atoms with van der Waals surface area (Å²) in [6.07, 6.45) is 1.59. The second-order valence-corrected chi connectivity index (χ2v) is 3.25. The van der Waals surface area contributed by atoms with E-state index in [-0.39, 0.29) is 6.61 Å². The summed E-state index contributed by atoms with van der Waals surface area (Å²) in [5.41, 5.74) is 0. The first-order valence-corrected chi connectivity index (χ1v) is 4.82. The second-order valence-electron chi connectivity index (χ2n) is 3.25. The van der Waals surface area contributed by atoms with Crippen molar-refractivity contribution in [2.24, 2.45) is 0 Å². The van der Waals surface area contributed by atoms with Gasteiger partial charge in [-0.1, -0.05) is 0 Å². The Bertz CT molecular complexity index is 250. The number of aliphatic carboxylic acids is 1. The molecular formula is C10H17NO5. The molecule has 1 N–H and O–H groups in total. The van der Waals surface area contributed by atoms with E-state index in [2.05, 4.69) is 4.74 Å². The molecule has 0 saturated heterocycles. The molecule has 0 fully saturated rings. The highest BCUT2D eigenvalue weighted by molar-refractivity contribution is 5.90. The van der Waals surface area contributed by atoms with Crippen LogP contribution in [0.15, 0.2) is 12.2 Å². The van der Waals surface area contributed by atoms with E-state index in [1.54, 1.807) is 0 Å². The van der Waals surface area contributed by atoms with Crippen molar-refractivity contribution in [3.05, 3.63) is 12.2 Å². The molecule has 0 rings (SSSR count). The first kappa shape index (κ1) is 14.6. The summed E-state index contributed by atoms with van der Waals surface area (Å²) in [5.74, 6) is -1.86. The van der Waals surface area contributed by atoms with Gasteiger partial charge in [-0.2, -0.15) is 0 Å². The van der Waals surface area contributed by atoms with Crippen molar-refractivity contribution in [1.29, 1.82) is 0 Å². The summed E-state index contributed by atoms with van der Waals surface area (Å²) < 4.78 is 9.83. The van der Waals surface area contributed by atoms with Gasteiger partial charge in [0.25, 0.3) is 0 Å². The fourth-order valence-corrected chi connectivity index (χ4v) is 0.738. The molecule has 0 atom stereocenters. The van der Waals surface area contributed by atoms with Crippen LogP contribution in [0, 0.1) is 0 Å². The van der Waals surface area contributed by atoms with Gasteiger partial charge in [0, 0.05) is 18.7 Å². The number of esters is 1. The average molecular weight is 231 g/mol. The predicted octanol–water partition coefficient (Wildman–Crippen LogP) is -0.251. The number of carboxylic acids is 1. The van der Waals surface area contributed by atoms with Gasteiger partial charge in [-0.3, -0.25) is 0 Å². The van der Waals surface area contributed by atoms with Crippen LogP contribution in [0.2, 0.25) is 0 Å². The molecule has 0 aromatic rings. The normalized spacial score (nSPS) is 10.9. The largest absolute Gasteiger partial charge is 0.478 e. The number of nitrogens with zero attached hydrogens (tertiary/aromatic N) is 1. The van der Waals surface area contributed by atoms with E-state index < -0.39 is 11.9 Å². The van der Waals surface area contributed by atoms with Crippen molar-refractivity contribution in [1.82, 2.24) is 4.90 Å². The van der Waals surface area contributed by atoms with Gasteiger partial charge in [-0.05, 0) is 14.1 Å². The molecule has 0 amide bonds. The topological polar surface area (TPSA) is 76.1 Å². The SMILES string of the molecule is CN(C)CCOCCOC(=O)C=CC(=O)O. The zero-order chi connectivity index (χ0) is 12.4. The quantitative estimate of drug-likeness (QED) is 0.352. The van der Waals surface area contributed by atoms with Crippen LogP contribution >= 0.6 is 0 Å². The van der Waals surface area contributed by atoms with E-state index >= 15 is 0 Å². The molecule has 0 aliphatic carbocycles. The molecular weight excluding hydrogens is 214 g/mol. The highest BCUT2D eigenvalue weighted by atomic mass is 16.6. The van der Waals surface area contributed by atoms with Crippen molar-refractivity contribution in [2.45, 2.75) is 0 Å². The van der Waals surface area contributed by atoms with Crippen LogP contribution in [0.25, 0.3) is 0 Å². The van der Waals surface area contributed by atoms with Gasteiger partial charge < -0.3 is 19.5 Å². The number of ether oxygens (including phenoxy) is 2. The van der Waals surface area contributed by atoms with Crippen LogP contribution < -0.4 is 0 Å². The summed E-state index contributed by atoms with van der Waals surface area (Å²) in [6, 6.07) is 0. The third-order valence-corrected chi connectivity index (χ3v) is 1.52. The smallest absolute Gasteiger partial charge is 0.331 e. The Morgan fingerprint density at radius 2 is 1.88 bits per heavy atom. The minimum Gasteiger partial charge on any atom is -0.478 e. The molecule has 0 aliphatic heterocycles. The number of carbonyl (C=O) groups excluding carboxylic acids is 1. The van der Waals surface area contributed by atoms with E-state index in [4.69, 9.17) is 9.84 Å². The van der Waals surface area contributed by atoms with Crippen molar-refractivity contribution in [3.63, 3.8) is 0 Å². The van der Waals surface area contributed by atoms with Gasteiger partial charge in [-0.25, -0.2) is 9.59 Å². The summed E-state index contributed by atoms with van der Waals surface area (Å²) in [4.78, 5) is 22.9. The Morgan fingerprint density at radius 3 is 2.44 bits per heavy atom. The molecule has 0 aromatic heterocycles. The number of likely N-dealkylation sites (N-methyl/N-ethyl adjacent to an activating group) is 1. The summed E-state index contributed by atoms with van der Waals surface area (Å²) in [5, 5.41) is 8.23. The van der Waals surface area contributed by atoms with E-state index in [0.29, 0.717) is 13.2 Å². The molecule has 0 unspecified atom stereocenters. The Hall–Kier alpha value is -1.40. The Balaban J connectivity index is 3.38. The van der Waals surface area contributed by atoms with Crippen molar-refractivity contribution >= 4 is 11.9 Å². The fraction of sp³-hybridized carbons (Fsp3) is 0.600. The monoisotopic (exact) mass is 231 g/mol. The third-order valence-electron chi connectivity index (χ3n) is 1.52. The predicted molar refractivity (Wildman–Crippen MR) is 57.1 cm³/mol. The minimum atomic E-state index is -1.18. The van der Waals surface area contributed by atoms with Crippen molar-refractivity contribution < 1.29 is 24.2 Å². The lowest BCUT2D eigenvalue weighted by atomic mass is 10.5. The maximum atomic E-state index is 10.9. The van der Waals surface area contributed by atoms with Crippen LogP contribution in [-0.2, 0) is 19.1 Å². The molecule has 0 heterocycles. The first-order chi connectivity index (χ1) is 7.52. The number of hydrogen-bond donors (Lipinski definition) is 1. The number of carbonyl (C=O) groups is 2. The van der Waals surface area contributed by atoms with Crippen LogP contribution in [-0.4, -0.2) is 62.4 Å². The Morgan fingerprint density at radius 1 is 1.19 bits per heavy atom. The zero-order valence-electron chi connectivity index (χ0n) is 9.51. The Labute approximate surface area is 94.4 Å². The summed E-state index contributed by atoms with van der Waals surface area (Å²) in [7, 11) is 3.86. The van der Waals surface area contributed by atoms with Crippen LogP contribution in [0.3, 0.4) is 0 Å². The average Bonchev–Trinajstić information content (AvgIpc) is 2.19. The van der Waals surface area contributed by atoms with E-state index in [0.717, 1.165) is 18.7 Å². The molecule has 0 radical (unpaired) electrons. The molecule has 0 aliphatic rings. The zero-order valence-corrected chi connectivity index (χ0v) is 9.51. The highest BCUT2D eigenvalue weighted by Gasteiger charge is 1.98. The van der Waals surface area contributed by atoms with Gasteiger partial charge in [-0.15, -0.1) is 0 Å². The molecule has 0 aromatic carbocycles. The molecule has 0 spiro atoms. The van der Waals surface area contributed by atoms with Gasteiger partial charge in [0.2, 0.25) is 0 Å². The fourth-order valence-electron chi connectivity index (χ4n) is 0.738. The molecule has 0 bridgehead atoms. The van der Waals surface area contributed by atoms with Gasteiger partial charge in [0.1, 0.15) is 6.61 Å². The molecule has 16 heavy (non-hydrogen) atoms. The van der Waals surface area contributed by atoms with Crippen molar-refractivity contribution in [3.8, 4) is 0 Å². The van der Waals surface area contributed by atoms with Crippen LogP contribution in [0.5, 0.6) is 0 Å². The van der Waals surface area contributed by atoms with Gasteiger partial charge in [0.15, 0.2) is 0 Å². The van der Waals surface area contributed by atoms with Crippen LogP contribution in [0.4, 0.5) is 0 Å². The minimum absolute atomic E-state index is 0.121. The van der Waals surface area contributed by atoms with Gasteiger partial charge >= 0.3 is 11.9 Å². The molecule has 6 nitrogen and oxygen atoms in total. The third kappa shape index (κ3) is 10.7. The highest BCUT2D eigenvalue weighted by Crippen LogP contribution is 1.84. The number of rotatable bonds is 8. The Kier molecular flexibility index (Phi) is 8.10. The number of carboxylic acid groups (broad SMARTS) is 1. The van der Waals surface area contributed by atoms with Crippen molar-refractivity contribution in [2.75, 3.05) is 40.5 Å². The number of hydrogen-bond acceptors (Lipinski definition) is 5. The molecule has 92 valence electrons. The maximum Gasteiger partial charge on any atom is 0.331 e. The second kappa shape index (κ2) is 8.87. The van der Waals surface area contributed by atoms with E-state index in [1.807, 2.05) is 19.0 Å².